The number of esters is 1. The van der Waals surface area contributed by atoms with E-state index in [1.54, 1.807) is 0 Å². The Morgan fingerprint density at radius 2 is 2.17 bits per heavy atom. The van der Waals surface area contributed by atoms with Gasteiger partial charge in [-0.3, -0.25) is 4.79 Å². The Morgan fingerprint density at radius 1 is 1.39 bits per heavy atom. The summed E-state index contributed by atoms with van der Waals surface area (Å²) in [6, 6.07) is 7.85. The predicted octanol–water partition coefficient (Wildman–Crippen LogP) is 3.68. The first-order valence-corrected chi connectivity index (χ1v) is 8.40. The summed E-state index contributed by atoms with van der Waals surface area (Å²) in [5, 5.41) is 0. The van der Waals surface area contributed by atoms with Crippen LogP contribution in [0.3, 0.4) is 0 Å². The van der Waals surface area contributed by atoms with E-state index in [-0.39, 0.29) is 18.5 Å². The number of oxazole rings is 1. The summed E-state index contributed by atoms with van der Waals surface area (Å²) >= 11 is 3.41. The predicted molar refractivity (Wildman–Crippen MR) is 88.0 cm³/mol. The van der Waals surface area contributed by atoms with Crippen molar-refractivity contribution in [2.24, 2.45) is 0 Å². The SMILES string of the molecule is Cc1nc(CCC(=O)O[C@H]2CCOC2)oc1-c1ccc(Br)cc1. The van der Waals surface area contributed by atoms with Gasteiger partial charge in [-0.05, 0) is 19.1 Å². The lowest BCUT2D eigenvalue weighted by Gasteiger charge is -2.08. The Labute approximate surface area is 143 Å². The van der Waals surface area contributed by atoms with Gasteiger partial charge < -0.3 is 13.9 Å². The van der Waals surface area contributed by atoms with Crippen LogP contribution in [-0.2, 0) is 20.7 Å². The van der Waals surface area contributed by atoms with Crippen molar-refractivity contribution in [3.8, 4) is 11.3 Å². The molecule has 0 aliphatic carbocycles. The first-order valence-electron chi connectivity index (χ1n) is 7.61. The van der Waals surface area contributed by atoms with E-state index in [1.165, 1.54) is 0 Å². The molecular formula is C17H18BrNO4. The van der Waals surface area contributed by atoms with Crippen LogP contribution < -0.4 is 0 Å². The Hall–Kier alpha value is -1.66. The van der Waals surface area contributed by atoms with Crippen LogP contribution in [0.4, 0.5) is 0 Å². The fourth-order valence-corrected chi connectivity index (χ4v) is 2.75. The highest BCUT2D eigenvalue weighted by Gasteiger charge is 2.20. The zero-order valence-electron chi connectivity index (χ0n) is 12.9. The van der Waals surface area contributed by atoms with Gasteiger partial charge in [-0.2, -0.15) is 0 Å². The Bertz CT molecular complexity index is 674. The molecular weight excluding hydrogens is 362 g/mol. The molecule has 1 aliphatic heterocycles. The van der Waals surface area contributed by atoms with Gasteiger partial charge in [0.05, 0.1) is 25.3 Å². The van der Waals surface area contributed by atoms with Crippen LogP contribution in [0.2, 0.25) is 0 Å². The molecule has 1 fully saturated rings. The van der Waals surface area contributed by atoms with E-state index in [9.17, 15) is 4.79 Å². The van der Waals surface area contributed by atoms with Gasteiger partial charge in [0.1, 0.15) is 6.10 Å². The molecule has 0 N–H and O–H groups in total. The summed E-state index contributed by atoms with van der Waals surface area (Å²) in [6.45, 7) is 3.06. The van der Waals surface area contributed by atoms with Crippen molar-refractivity contribution in [2.75, 3.05) is 13.2 Å². The monoisotopic (exact) mass is 379 g/mol. The molecule has 122 valence electrons. The fraction of sp³-hybridized carbons (Fsp3) is 0.412. The van der Waals surface area contributed by atoms with Gasteiger partial charge in [0.15, 0.2) is 11.7 Å². The van der Waals surface area contributed by atoms with Crippen molar-refractivity contribution in [2.45, 2.75) is 32.3 Å². The number of halogens is 1. The van der Waals surface area contributed by atoms with Crippen molar-refractivity contribution in [1.82, 2.24) is 4.98 Å². The molecule has 6 heteroatoms. The lowest BCUT2D eigenvalue weighted by molar-refractivity contribution is -0.149. The number of carbonyl (C=O) groups excluding carboxylic acids is 1. The van der Waals surface area contributed by atoms with E-state index >= 15 is 0 Å². The standard InChI is InChI=1S/C17H18BrNO4/c1-11-17(12-2-4-13(18)5-3-12)23-15(19-11)6-7-16(20)22-14-8-9-21-10-14/h2-5,14H,6-10H2,1H3/t14-/m0/s1. The Kier molecular flexibility index (Phi) is 5.13. The van der Waals surface area contributed by atoms with Crippen LogP contribution >= 0.6 is 15.9 Å². The van der Waals surface area contributed by atoms with E-state index in [4.69, 9.17) is 13.9 Å². The molecule has 0 bridgehead atoms. The average molecular weight is 380 g/mol. The second-order valence-corrected chi connectivity index (χ2v) is 6.42. The minimum absolute atomic E-state index is 0.105. The smallest absolute Gasteiger partial charge is 0.306 e. The number of carbonyl (C=O) groups is 1. The third-order valence-electron chi connectivity index (χ3n) is 3.68. The molecule has 1 atom stereocenters. The van der Waals surface area contributed by atoms with Crippen LogP contribution in [0.15, 0.2) is 33.2 Å². The molecule has 1 aliphatic rings. The van der Waals surface area contributed by atoms with Crippen LogP contribution in [0.25, 0.3) is 11.3 Å². The normalized spacial score (nSPS) is 17.4. The maximum Gasteiger partial charge on any atom is 0.306 e. The van der Waals surface area contributed by atoms with Crippen LogP contribution in [0.1, 0.15) is 24.4 Å². The van der Waals surface area contributed by atoms with Gasteiger partial charge in [0, 0.05) is 22.9 Å². The minimum atomic E-state index is -0.235. The van der Waals surface area contributed by atoms with Gasteiger partial charge in [0.25, 0.3) is 0 Å². The number of hydrogen-bond acceptors (Lipinski definition) is 5. The third kappa shape index (κ3) is 4.20. The maximum atomic E-state index is 11.8. The fourth-order valence-electron chi connectivity index (χ4n) is 2.49. The van der Waals surface area contributed by atoms with Crippen molar-refractivity contribution >= 4 is 21.9 Å². The van der Waals surface area contributed by atoms with Gasteiger partial charge >= 0.3 is 5.97 Å². The molecule has 5 nitrogen and oxygen atoms in total. The third-order valence-corrected chi connectivity index (χ3v) is 4.20. The Balaban J connectivity index is 1.59. The summed E-state index contributed by atoms with van der Waals surface area (Å²) in [7, 11) is 0. The number of benzene rings is 1. The summed E-state index contributed by atoms with van der Waals surface area (Å²) in [5.74, 6) is 1.06. The molecule has 0 radical (unpaired) electrons. The summed E-state index contributed by atoms with van der Waals surface area (Å²) in [4.78, 5) is 16.2. The van der Waals surface area contributed by atoms with E-state index in [0.717, 1.165) is 27.9 Å². The zero-order chi connectivity index (χ0) is 16.2. The quantitative estimate of drug-likeness (QED) is 0.741. The van der Waals surface area contributed by atoms with Crippen molar-refractivity contribution in [3.05, 3.63) is 40.3 Å². The van der Waals surface area contributed by atoms with Gasteiger partial charge in [0.2, 0.25) is 0 Å². The molecule has 0 saturated carbocycles. The van der Waals surface area contributed by atoms with E-state index in [1.807, 2.05) is 31.2 Å². The van der Waals surface area contributed by atoms with E-state index < -0.39 is 0 Å². The summed E-state index contributed by atoms with van der Waals surface area (Å²) in [6.07, 6.45) is 1.37. The minimum Gasteiger partial charge on any atom is -0.460 e. The van der Waals surface area contributed by atoms with Crippen molar-refractivity contribution in [3.63, 3.8) is 0 Å². The molecule has 1 aromatic carbocycles. The highest BCUT2D eigenvalue weighted by Crippen LogP contribution is 2.26. The first-order chi connectivity index (χ1) is 11.1. The van der Waals surface area contributed by atoms with Gasteiger partial charge in [-0.1, -0.05) is 28.1 Å². The molecule has 2 aromatic rings. The molecule has 0 spiro atoms. The number of hydrogen-bond donors (Lipinski definition) is 0. The average Bonchev–Trinajstić information content (AvgIpc) is 3.16. The van der Waals surface area contributed by atoms with E-state index in [2.05, 4.69) is 20.9 Å². The van der Waals surface area contributed by atoms with Crippen LogP contribution in [-0.4, -0.2) is 30.3 Å². The lowest BCUT2D eigenvalue weighted by Crippen LogP contribution is -2.18. The van der Waals surface area contributed by atoms with Crippen LogP contribution in [0, 0.1) is 6.92 Å². The molecule has 0 unspecified atom stereocenters. The van der Waals surface area contributed by atoms with E-state index in [0.29, 0.717) is 25.5 Å². The number of rotatable bonds is 5. The molecule has 1 aromatic heterocycles. The molecule has 2 heterocycles. The molecule has 3 rings (SSSR count). The van der Waals surface area contributed by atoms with Crippen molar-refractivity contribution < 1.29 is 18.7 Å². The number of ether oxygens (including phenoxy) is 2. The molecule has 1 saturated heterocycles. The largest absolute Gasteiger partial charge is 0.460 e. The lowest BCUT2D eigenvalue weighted by atomic mass is 10.1. The summed E-state index contributed by atoms with van der Waals surface area (Å²) < 4.78 is 17.3. The second-order valence-electron chi connectivity index (χ2n) is 5.50. The topological polar surface area (TPSA) is 61.6 Å². The van der Waals surface area contributed by atoms with Gasteiger partial charge in [-0.15, -0.1) is 0 Å². The van der Waals surface area contributed by atoms with Crippen LogP contribution in [0.5, 0.6) is 0 Å². The zero-order valence-corrected chi connectivity index (χ0v) is 14.5. The Morgan fingerprint density at radius 3 is 2.87 bits per heavy atom. The highest BCUT2D eigenvalue weighted by atomic mass is 79.9. The second kappa shape index (κ2) is 7.27. The molecule has 0 amide bonds. The van der Waals surface area contributed by atoms with Crippen molar-refractivity contribution in [1.29, 1.82) is 0 Å². The first kappa shape index (κ1) is 16.2. The maximum absolute atomic E-state index is 11.8. The highest BCUT2D eigenvalue weighted by molar-refractivity contribution is 9.10. The number of nitrogens with zero attached hydrogens (tertiary/aromatic N) is 1. The summed E-state index contributed by atoms with van der Waals surface area (Å²) in [5.41, 5.74) is 1.79. The molecule has 23 heavy (non-hydrogen) atoms. The van der Waals surface area contributed by atoms with Gasteiger partial charge in [-0.25, -0.2) is 4.98 Å². The number of aryl methyl sites for hydroxylation is 2. The number of aromatic nitrogens is 1.